The van der Waals surface area contributed by atoms with Gasteiger partial charge in [0.05, 0.1) is 0 Å². The molecule has 0 saturated heterocycles. The predicted octanol–water partition coefficient (Wildman–Crippen LogP) is 2.90. The molecule has 0 aromatic carbocycles. The van der Waals surface area contributed by atoms with E-state index in [4.69, 9.17) is 5.11 Å². The molecule has 1 rings (SSSR count). The van der Waals surface area contributed by atoms with Crippen LogP contribution in [-0.4, -0.2) is 29.2 Å². The van der Waals surface area contributed by atoms with Crippen molar-refractivity contribution in [3.63, 3.8) is 0 Å². The fourth-order valence-corrected chi connectivity index (χ4v) is 2.68. The lowest BCUT2D eigenvalue weighted by atomic mass is 9.84. The van der Waals surface area contributed by atoms with Gasteiger partial charge in [-0.2, -0.15) is 0 Å². The van der Waals surface area contributed by atoms with Gasteiger partial charge < -0.3 is 15.7 Å². The van der Waals surface area contributed by atoms with E-state index in [0.29, 0.717) is 13.0 Å². The van der Waals surface area contributed by atoms with Gasteiger partial charge >= 0.3 is 12.0 Å². The molecular formula is C15H28N2O3. The average Bonchev–Trinajstić information content (AvgIpc) is 2.73. The number of nitrogens with one attached hydrogen (secondary N) is 2. The minimum Gasteiger partial charge on any atom is -0.481 e. The number of carbonyl (C=O) groups is 2. The second-order valence-electron chi connectivity index (χ2n) is 6.96. The molecular weight excluding hydrogens is 256 g/mol. The number of amides is 2. The third kappa shape index (κ3) is 6.26. The van der Waals surface area contributed by atoms with E-state index >= 15 is 0 Å². The van der Waals surface area contributed by atoms with Crippen LogP contribution >= 0.6 is 0 Å². The fourth-order valence-electron chi connectivity index (χ4n) is 2.68. The largest absolute Gasteiger partial charge is 0.481 e. The van der Waals surface area contributed by atoms with Gasteiger partial charge in [-0.1, -0.05) is 26.7 Å². The molecule has 0 heterocycles. The number of hydrogen-bond acceptors (Lipinski definition) is 2. The van der Waals surface area contributed by atoms with Gasteiger partial charge in [-0.15, -0.1) is 0 Å². The van der Waals surface area contributed by atoms with E-state index in [1.807, 2.05) is 13.8 Å². The van der Waals surface area contributed by atoms with E-state index in [1.54, 1.807) is 0 Å². The fraction of sp³-hybridized carbons (Fsp3) is 0.867. The first-order valence-corrected chi connectivity index (χ1v) is 7.50. The van der Waals surface area contributed by atoms with Crippen molar-refractivity contribution in [2.24, 2.45) is 5.41 Å². The summed E-state index contributed by atoms with van der Waals surface area (Å²) < 4.78 is 0. The van der Waals surface area contributed by atoms with E-state index in [9.17, 15) is 9.59 Å². The molecule has 5 nitrogen and oxygen atoms in total. The second kappa shape index (κ2) is 6.95. The number of carboxylic acids is 1. The summed E-state index contributed by atoms with van der Waals surface area (Å²) in [7, 11) is 0. The van der Waals surface area contributed by atoms with Gasteiger partial charge in [0.15, 0.2) is 0 Å². The maximum atomic E-state index is 11.8. The first-order chi connectivity index (χ1) is 9.22. The van der Waals surface area contributed by atoms with Crippen LogP contribution in [0.3, 0.4) is 0 Å². The Bertz CT molecular complexity index is 347. The maximum absolute atomic E-state index is 11.8. The molecule has 0 aromatic heterocycles. The summed E-state index contributed by atoms with van der Waals surface area (Å²) >= 11 is 0. The molecule has 0 atom stereocenters. The number of carbonyl (C=O) groups excluding carboxylic acids is 1. The van der Waals surface area contributed by atoms with Crippen molar-refractivity contribution in [2.75, 3.05) is 6.54 Å². The summed E-state index contributed by atoms with van der Waals surface area (Å²) in [4.78, 5) is 22.4. The quantitative estimate of drug-likeness (QED) is 0.672. The molecule has 1 aliphatic carbocycles. The van der Waals surface area contributed by atoms with Crippen LogP contribution < -0.4 is 10.6 Å². The first kappa shape index (κ1) is 16.8. The third-order valence-electron chi connectivity index (χ3n) is 4.23. The molecule has 0 aliphatic heterocycles. The van der Waals surface area contributed by atoms with Crippen LogP contribution in [0.5, 0.6) is 0 Å². The minimum absolute atomic E-state index is 0.0527. The highest BCUT2D eigenvalue weighted by Crippen LogP contribution is 2.29. The van der Waals surface area contributed by atoms with E-state index < -0.39 is 5.97 Å². The molecule has 0 spiro atoms. The highest BCUT2D eigenvalue weighted by molar-refractivity contribution is 5.74. The number of rotatable bonds is 7. The van der Waals surface area contributed by atoms with E-state index in [2.05, 4.69) is 17.6 Å². The Morgan fingerprint density at radius 2 is 1.80 bits per heavy atom. The van der Waals surface area contributed by atoms with Gasteiger partial charge in [0.1, 0.15) is 0 Å². The molecule has 20 heavy (non-hydrogen) atoms. The number of urea groups is 1. The molecule has 116 valence electrons. The van der Waals surface area contributed by atoms with Gasteiger partial charge in [0, 0.05) is 18.5 Å². The SMILES string of the molecule is CC(C)(CCNC(=O)NC1(C)CCCC1)CCC(=O)O. The molecule has 3 N–H and O–H groups in total. The van der Waals surface area contributed by atoms with Crippen LogP contribution in [0.15, 0.2) is 0 Å². The van der Waals surface area contributed by atoms with Crippen LogP contribution in [0.4, 0.5) is 4.79 Å². The minimum atomic E-state index is -0.766. The molecule has 1 aliphatic rings. The Balaban J connectivity index is 2.22. The van der Waals surface area contributed by atoms with Crippen molar-refractivity contribution in [2.45, 2.75) is 71.3 Å². The predicted molar refractivity (Wildman–Crippen MR) is 78.7 cm³/mol. The highest BCUT2D eigenvalue weighted by Gasteiger charge is 2.30. The van der Waals surface area contributed by atoms with E-state index in [1.165, 1.54) is 12.8 Å². The Labute approximate surface area is 121 Å². The van der Waals surface area contributed by atoms with Crippen LogP contribution in [0.25, 0.3) is 0 Å². The van der Waals surface area contributed by atoms with Crippen LogP contribution in [-0.2, 0) is 4.79 Å². The van der Waals surface area contributed by atoms with Crippen molar-refractivity contribution < 1.29 is 14.7 Å². The summed E-state index contributed by atoms with van der Waals surface area (Å²) in [5, 5.41) is 14.6. The standard InChI is InChI=1S/C15H28N2O3/c1-14(2,9-6-12(18)19)10-11-16-13(20)17-15(3)7-4-5-8-15/h4-11H2,1-3H3,(H,18,19)(H2,16,17,20). The highest BCUT2D eigenvalue weighted by atomic mass is 16.4. The van der Waals surface area contributed by atoms with Gasteiger partial charge in [0.25, 0.3) is 0 Å². The maximum Gasteiger partial charge on any atom is 0.315 e. The smallest absolute Gasteiger partial charge is 0.315 e. The van der Waals surface area contributed by atoms with Crippen LogP contribution in [0.2, 0.25) is 0 Å². The number of carboxylic acid groups (broad SMARTS) is 1. The van der Waals surface area contributed by atoms with Crippen molar-refractivity contribution in [3.05, 3.63) is 0 Å². The molecule has 1 saturated carbocycles. The first-order valence-electron chi connectivity index (χ1n) is 7.50. The zero-order chi connectivity index (χ0) is 15.2. The number of hydrogen-bond donors (Lipinski definition) is 3. The van der Waals surface area contributed by atoms with Gasteiger partial charge in [-0.05, 0) is 38.0 Å². The zero-order valence-electron chi connectivity index (χ0n) is 12.9. The summed E-state index contributed by atoms with van der Waals surface area (Å²) in [6.45, 7) is 6.74. The molecule has 0 unspecified atom stereocenters. The van der Waals surface area contributed by atoms with Gasteiger partial charge in [-0.25, -0.2) is 4.79 Å². The summed E-state index contributed by atoms with van der Waals surface area (Å²) in [6, 6.07) is -0.108. The van der Waals surface area contributed by atoms with Crippen molar-refractivity contribution >= 4 is 12.0 Å². The average molecular weight is 284 g/mol. The molecule has 2 amide bonds. The molecule has 1 fully saturated rings. The molecule has 0 bridgehead atoms. The Morgan fingerprint density at radius 1 is 1.20 bits per heavy atom. The van der Waals surface area contributed by atoms with Crippen molar-refractivity contribution in [1.82, 2.24) is 10.6 Å². The zero-order valence-corrected chi connectivity index (χ0v) is 12.9. The summed E-state index contributed by atoms with van der Waals surface area (Å²) in [5.74, 6) is -0.766. The molecule has 0 aromatic rings. The normalized spacial score (nSPS) is 17.8. The molecule has 5 heteroatoms. The van der Waals surface area contributed by atoms with E-state index in [-0.39, 0.29) is 23.4 Å². The topological polar surface area (TPSA) is 78.4 Å². The Morgan fingerprint density at radius 3 is 2.35 bits per heavy atom. The second-order valence-corrected chi connectivity index (χ2v) is 6.96. The number of aliphatic carboxylic acids is 1. The van der Waals surface area contributed by atoms with Crippen LogP contribution in [0.1, 0.15) is 65.7 Å². The van der Waals surface area contributed by atoms with Crippen molar-refractivity contribution in [1.29, 1.82) is 0 Å². The summed E-state index contributed by atoms with van der Waals surface area (Å²) in [5.41, 5.74) is -0.119. The lowest BCUT2D eigenvalue weighted by Crippen LogP contribution is -2.49. The van der Waals surface area contributed by atoms with Crippen LogP contribution in [0, 0.1) is 5.41 Å². The molecule has 0 radical (unpaired) electrons. The third-order valence-corrected chi connectivity index (χ3v) is 4.23. The Kier molecular flexibility index (Phi) is 5.84. The Hall–Kier alpha value is -1.26. The lowest BCUT2D eigenvalue weighted by Gasteiger charge is -2.27. The lowest BCUT2D eigenvalue weighted by molar-refractivity contribution is -0.137. The monoisotopic (exact) mass is 284 g/mol. The van der Waals surface area contributed by atoms with Gasteiger partial charge in [-0.3, -0.25) is 4.79 Å². The summed E-state index contributed by atoms with van der Waals surface area (Å²) in [6.07, 6.45) is 6.04. The van der Waals surface area contributed by atoms with Crippen molar-refractivity contribution in [3.8, 4) is 0 Å². The van der Waals surface area contributed by atoms with Gasteiger partial charge in [0.2, 0.25) is 0 Å². The van der Waals surface area contributed by atoms with E-state index in [0.717, 1.165) is 19.3 Å².